The Kier molecular flexibility index (Phi) is 6.22. The molecule has 0 saturated carbocycles. The van der Waals surface area contributed by atoms with E-state index < -0.39 is 6.10 Å². The Morgan fingerprint density at radius 2 is 1.94 bits per heavy atom. The molecule has 3 heterocycles. The van der Waals surface area contributed by atoms with Crippen molar-refractivity contribution in [2.24, 2.45) is 0 Å². The van der Waals surface area contributed by atoms with E-state index in [4.69, 9.17) is 18.9 Å². The second-order valence-corrected chi connectivity index (χ2v) is 9.20. The van der Waals surface area contributed by atoms with E-state index in [1.165, 1.54) is 0 Å². The van der Waals surface area contributed by atoms with Gasteiger partial charge in [-0.25, -0.2) is 0 Å². The van der Waals surface area contributed by atoms with Crippen molar-refractivity contribution in [1.82, 2.24) is 4.90 Å². The first-order chi connectivity index (χ1) is 16.5. The van der Waals surface area contributed by atoms with Gasteiger partial charge in [0.25, 0.3) is 5.91 Å². The second kappa shape index (κ2) is 9.31. The predicted molar refractivity (Wildman–Crippen MR) is 130 cm³/mol. The van der Waals surface area contributed by atoms with Gasteiger partial charge in [-0.2, -0.15) is 0 Å². The molecular weight excluding hydrogens is 504 g/mol. The van der Waals surface area contributed by atoms with Gasteiger partial charge in [-0.1, -0.05) is 0 Å². The van der Waals surface area contributed by atoms with Crippen molar-refractivity contribution < 1.29 is 28.5 Å². The lowest BCUT2D eigenvalue weighted by atomic mass is 10.0. The van der Waals surface area contributed by atoms with Gasteiger partial charge in [-0.15, -0.1) is 0 Å². The average Bonchev–Trinajstić information content (AvgIpc) is 3.52. The molecule has 1 atom stereocenters. The Morgan fingerprint density at radius 3 is 2.65 bits per heavy atom. The van der Waals surface area contributed by atoms with E-state index in [0.29, 0.717) is 53.8 Å². The molecule has 3 aliphatic heterocycles. The van der Waals surface area contributed by atoms with Crippen LogP contribution in [0.1, 0.15) is 34.3 Å². The molecule has 1 saturated heterocycles. The highest BCUT2D eigenvalue weighted by molar-refractivity contribution is 9.10. The van der Waals surface area contributed by atoms with Gasteiger partial charge in [0.2, 0.25) is 18.3 Å². The number of likely N-dealkylation sites (N-methyl/N-ethyl adjacent to an activating group) is 1. The highest BCUT2D eigenvalue weighted by atomic mass is 79.9. The van der Waals surface area contributed by atoms with E-state index in [1.54, 1.807) is 31.4 Å². The van der Waals surface area contributed by atoms with E-state index in [1.807, 2.05) is 18.0 Å². The lowest BCUT2D eigenvalue weighted by Gasteiger charge is -2.20. The lowest BCUT2D eigenvalue weighted by molar-refractivity contribution is -0.124. The summed E-state index contributed by atoms with van der Waals surface area (Å²) in [5, 5.41) is 2.86. The molecule has 0 aliphatic carbocycles. The van der Waals surface area contributed by atoms with Crippen molar-refractivity contribution in [3.05, 3.63) is 51.1 Å². The number of ketones is 1. The number of methoxy groups -OCH3 is 1. The van der Waals surface area contributed by atoms with Crippen LogP contribution in [0.3, 0.4) is 0 Å². The van der Waals surface area contributed by atoms with Gasteiger partial charge in [0.15, 0.2) is 11.5 Å². The van der Waals surface area contributed by atoms with Gasteiger partial charge < -0.3 is 29.2 Å². The number of allylic oxidation sites excluding steroid dienone is 1. The van der Waals surface area contributed by atoms with Gasteiger partial charge in [0.05, 0.1) is 17.3 Å². The maximum absolute atomic E-state index is 13.5. The van der Waals surface area contributed by atoms with Gasteiger partial charge in [0, 0.05) is 37.0 Å². The highest BCUT2D eigenvalue weighted by Gasteiger charge is 2.31. The number of carbonyl (C=O) groups is 2. The summed E-state index contributed by atoms with van der Waals surface area (Å²) >= 11 is 3.65. The third-order valence-corrected chi connectivity index (χ3v) is 7.15. The smallest absolute Gasteiger partial charge is 0.253 e. The number of nitrogens with one attached hydrogen (secondary N) is 1. The average molecular weight is 529 g/mol. The zero-order chi connectivity index (χ0) is 23.8. The molecular formula is C25H25BrN2O6. The minimum absolute atomic E-state index is 0.122. The molecule has 34 heavy (non-hydrogen) atoms. The Balaban J connectivity index is 1.44. The van der Waals surface area contributed by atoms with E-state index in [-0.39, 0.29) is 18.5 Å². The van der Waals surface area contributed by atoms with Gasteiger partial charge in [-0.3, -0.25) is 9.59 Å². The molecule has 2 aromatic rings. The first-order valence-corrected chi connectivity index (χ1v) is 11.9. The normalized spacial score (nSPS) is 18.7. The Hall–Kier alpha value is -3.04. The van der Waals surface area contributed by atoms with Crippen LogP contribution in [0.2, 0.25) is 0 Å². The number of fused-ring (bicyclic) bond motifs is 2. The Labute approximate surface area is 205 Å². The third kappa shape index (κ3) is 4.03. The monoisotopic (exact) mass is 528 g/mol. The van der Waals surface area contributed by atoms with Crippen molar-refractivity contribution in [1.29, 1.82) is 0 Å². The maximum atomic E-state index is 13.5. The number of rotatable bonds is 5. The van der Waals surface area contributed by atoms with Crippen LogP contribution in [0.4, 0.5) is 5.69 Å². The van der Waals surface area contributed by atoms with Gasteiger partial charge in [0.1, 0.15) is 6.10 Å². The molecule has 0 radical (unpaired) electrons. The number of nitrogens with zero attached hydrogens (tertiary/aromatic N) is 1. The zero-order valence-corrected chi connectivity index (χ0v) is 20.6. The van der Waals surface area contributed by atoms with E-state index in [2.05, 4.69) is 21.2 Å². The fourth-order valence-electron chi connectivity index (χ4n) is 4.47. The molecule has 1 N–H and O–H groups in total. The number of anilines is 1. The predicted octanol–water partition coefficient (Wildman–Crippen LogP) is 4.02. The molecule has 3 aliphatic rings. The maximum Gasteiger partial charge on any atom is 0.253 e. The van der Waals surface area contributed by atoms with Crippen LogP contribution in [-0.4, -0.2) is 56.8 Å². The molecule has 9 heteroatoms. The minimum atomic E-state index is -0.406. The number of hydrogen-bond donors (Lipinski definition) is 1. The van der Waals surface area contributed by atoms with Crippen molar-refractivity contribution in [2.45, 2.75) is 25.4 Å². The highest BCUT2D eigenvalue weighted by Crippen LogP contribution is 2.51. The van der Waals surface area contributed by atoms with Crippen LogP contribution in [0.25, 0.3) is 6.08 Å². The van der Waals surface area contributed by atoms with Crippen LogP contribution in [0.15, 0.2) is 34.4 Å². The van der Waals surface area contributed by atoms with E-state index in [0.717, 1.165) is 28.4 Å². The number of carbonyl (C=O) groups excluding carboxylic acids is 2. The van der Waals surface area contributed by atoms with Crippen LogP contribution in [0.5, 0.6) is 17.2 Å². The van der Waals surface area contributed by atoms with E-state index in [9.17, 15) is 9.59 Å². The summed E-state index contributed by atoms with van der Waals surface area (Å²) in [6, 6.07) is 6.92. The molecule has 1 fully saturated rings. The first kappa shape index (κ1) is 22.7. The Morgan fingerprint density at radius 1 is 1.18 bits per heavy atom. The fraction of sp³-hybridized carbons (Fsp3) is 0.360. The van der Waals surface area contributed by atoms with Crippen molar-refractivity contribution >= 4 is 39.4 Å². The summed E-state index contributed by atoms with van der Waals surface area (Å²) in [6.07, 6.45) is 3.76. The van der Waals surface area contributed by atoms with Gasteiger partial charge >= 0.3 is 0 Å². The molecule has 5 rings (SSSR count). The van der Waals surface area contributed by atoms with Crippen molar-refractivity contribution in [3.63, 3.8) is 0 Å². The number of Topliss-reactive ketones (excluding diaryl/α,β-unsaturated/α-hetero) is 1. The summed E-state index contributed by atoms with van der Waals surface area (Å²) in [4.78, 5) is 27.7. The molecule has 178 valence electrons. The molecule has 0 aromatic heterocycles. The van der Waals surface area contributed by atoms with Crippen LogP contribution < -0.4 is 19.5 Å². The molecule has 8 nitrogen and oxygen atoms in total. The zero-order valence-electron chi connectivity index (χ0n) is 19.0. The van der Waals surface area contributed by atoms with Crippen molar-refractivity contribution in [3.8, 4) is 17.2 Å². The topological polar surface area (TPSA) is 86.3 Å². The number of ether oxygens (including phenoxy) is 4. The molecule has 0 bridgehead atoms. The molecule has 0 unspecified atom stereocenters. The number of amides is 1. The van der Waals surface area contributed by atoms with Crippen LogP contribution >= 0.6 is 15.9 Å². The largest absolute Gasteiger partial charge is 0.492 e. The standard InChI is InChI=1S/C25H25BrN2O6/c1-28-10-9-16-17(22(31-2)24-23(20(16)26)33-13-34-24)12-18(28)21(29)14-5-7-15(8-6-14)27-25(30)19-4-3-11-32-19/h5-8,12,19H,3-4,9-11,13H2,1-2H3,(H,27,30)/t19-/m0/s1. The minimum Gasteiger partial charge on any atom is -0.492 e. The number of hydrogen-bond acceptors (Lipinski definition) is 7. The number of halogens is 1. The van der Waals surface area contributed by atoms with Crippen LogP contribution in [-0.2, 0) is 16.0 Å². The molecule has 1 amide bonds. The first-order valence-electron chi connectivity index (χ1n) is 11.2. The van der Waals surface area contributed by atoms with Crippen LogP contribution in [0, 0.1) is 0 Å². The Bertz CT molecular complexity index is 1170. The van der Waals surface area contributed by atoms with Gasteiger partial charge in [-0.05, 0) is 71.1 Å². The molecule has 2 aromatic carbocycles. The summed E-state index contributed by atoms with van der Waals surface area (Å²) in [5.74, 6) is 1.44. The lowest BCUT2D eigenvalue weighted by Crippen LogP contribution is -2.27. The quantitative estimate of drug-likeness (QED) is 0.586. The third-order valence-electron chi connectivity index (χ3n) is 6.32. The summed E-state index contributed by atoms with van der Waals surface area (Å²) < 4.78 is 23.2. The summed E-state index contributed by atoms with van der Waals surface area (Å²) in [6.45, 7) is 1.38. The fourth-order valence-corrected chi connectivity index (χ4v) is 5.18. The van der Waals surface area contributed by atoms with E-state index >= 15 is 0 Å². The SMILES string of the molecule is COc1c2c(c(Br)c3c1OCO3)CCN(C)C(C(=O)c1ccc(NC(=O)[C@@H]3CCCO3)cc1)=C2. The van der Waals surface area contributed by atoms with Crippen molar-refractivity contribution in [2.75, 3.05) is 39.4 Å². The second-order valence-electron chi connectivity index (χ2n) is 8.40. The number of benzene rings is 2. The summed E-state index contributed by atoms with van der Waals surface area (Å²) in [7, 11) is 3.48. The molecule has 0 spiro atoms. The summed E-state index contributed by atoms with van der Waals surface area (Å²) in [5.41, 5.74) is 3.49.